The number of nitrogens with one attached hydrogen (secondary N) is 1. The van der Waals surface area contributed by atoms with E-state index >= 15 is 0 Å². The lowest BCUT2D eigenvalue weighted by molar-refractivity contribution is -0.146. The number of rotatable bonds is 4. The van der Waals surface area contributed by atoms with Crippen LogP contribution in [0.2, 0.25) is 0 Å². The molecular weight excluding hydrogens is 258 g/mol. The van der Waals surface area contributed by atoms with Gasteiger partial charge < -0.3 is 15.2 Å². The summed E-state index contributed by atoms with van der Waals surface area (Å²) < 4.78 is 5.52. The molecule has 1 aromatic carbocycles. The molecule has 108 valence electrons. The lowest BCUT2D eigenvalue weighted by Crippen LogP contribution is -2.47. The van der Waals surface area contributed by atoms with Crippen LogP contribution in [0.25, 0.3) is 0 Å². The Morgan fingerprint density at radius 2 is 2.05 bits per heavy atom. The van der Waals surface area contributed by atoms with Gasteiger partial charge in [0.25, 0.3) is 5.91 Å². The molecule has 0 saturated carbocycles. The van der Waals surface area contributed by atoms with E-state index < -0.39 is 24.0 Å². The summed E-state index contributed by atoms with van der Waals surface area (Å²) >= 11 is 0. The van der Waals surface area contributed by atoms with E-state index in [0.29, 0.717) is 6.61 Å². The summed E-state index contributed by atoms with van der Waals surface area (Å²) in [7, 11) is 0. The largest absolute Gasteiger partial charge is 0.480 e. The van der Waals surface area contributed by atoms with Gasteiger partial charge in [0.1, 0.15) is 6.04 Å². The number of ether oxygens (including phenoxy) is 1. The number of hydrogen-bond donors (Lipinski definition) is 2. The third-order valence-electron chi connectivity index (χ3n) is 3.46. The van der Waals surface area contributed by atoms with Crippen molar-refractivity contribution in [2.45, 2.75) is 32.4 Å². The first-order valence-electron chi connectivity index (χ1n) is 6.73. The number of hydrogen-bond acceptors (Lipinski definition) is 3. The van der Waals surface area contributed by atoms with Crippen LogP contribution in [0.4, 0.5) is 0 Å². The standard InChI is InChI=1S/C15H19NO4/c1-9(2)12(15(18)19)16-14(17)13-11-6-4-3-5-10(11)7-8-20-13/h3-6,9,12-13H,7-8H2,1-2H3,(H,16,17)(H,18,19)/t12-,13?/m1/s1. The molecule has 2 atom stereocenters. The summed E-state index contributed by atoms with van der Waals surface area (Å²) in [6.45, 7) is 3.98. The van der Waals surface area contributed by atoms with Crippen LogP contribution in [0.1, 0.15) is 31.1 Å². The molecule has 1 unspecified atom stereocenters. The van der Waals surface area contributed by atoms with E-state index in [-0.39, 0.29) is 5.92 Å². The number of benzene rings is 1. The molecule has 1 aliphatic heterocycles. The normalized spacial score (nSPS) is 19.2. The van der Waals surface area contributed by atoms with Crippen molar-refractivity contribution in [2.24, 2.45) is 5.92 Å². The number of aliphatic carboxylic acids is 1. The highest BCUT2D eigenvalue weighted by molar-refractivity contribution is 5.87. The molecule has 2 N–H and O–H groups in total. The van der Waals surface area contributed by atoms with E-state index in [1.807, 2.05) is 24.3 Å². The first kappa shape index (κ1) is 14.5. The van der Waals surface area contributed by atoms with Gasteiger partial charge in [0.15, 0.2) is 6.10 Å². The smallest absolute Gasteiger partial charge is 0.326 e. The molecule has 5 nitrogen and oxygen atoms in total. The molecule has 2 rings (SSSR count). The highest BCUT2D eigenvalue weighted by atomic mass is 16.5. The summed E-state index contributed by atoms with van der Waals surface area (Å²) in [5, 5.41) is 11.7. The highest BCUT2D eigenvalue weighted by Crippen LogP contribution is 2.27. The van der Waals surface area contributed by atoms with Gasteiger partial charge >= 0.3 is 5.97 Å². The number of carbonyl (C=O) groups excluding carboxylic acids is 1. The molecule has 1 heterocycles. The molecule has 0 bridgehead atoms. The van der Waals surface area contributed by atoms with Crippen molar-refractivity contribution >= 4 is 11.9 Å². The Labute approximate surface area is 117 Å². The Morgan fingerprint density at radius 3 is 2.70 bits per heavy atom. The van der Waals surface area contributed by atoms with Crippen LogP contribution in [0.15, 0.2) is 24.3 Å². The summed E-state index contributed by atoms with van der Waals surface area (Å²) in [5.41, 5.74) is 1.90. The lowest BCUT2D eigenvalue weighted by Gasteiger charge is -2.27. The molecule has 0 saturated heterocycles. The molecule has 1 aromatic rings. The van der Waals surface area contributed by atoms with Crippen LogP contribution < -0.4 is 5.32 Å². The first-order chi connectivity index (χ1) is 9.50. The van der Waals surface area contributed by atoms with Gasteiger partial charge in [-0.3, -0.25) is 4.79 Å². The maximum Gasteiger partial charge on any atom is 0.326 e. The fourth-order valence-corrected chi connectivity index (χ4v) is 2.35. The van der Waals surface area contributed by atoms with Crippen molar-refractivity contribution in [1.82, 2.24) is 5.32 Å². The molecule has 0 fully saturated rings. The van der Waals surface area contributed by atoms with E-state index in [1.165, 1.54) is 0 Å². The van der Waals surface area contributed by atoms with Crippen molar-refractivity contribution in [1.29, 1.82) is 0 Å². The average molecular weight is 277 g/mol. The minimum atomic E-state index is -1.03. The maximum atomic E-state index is 12.3. The van der Waals surface area contributed by atoms with Crippen molar-refractivity contribution in [3.05, 3.63) is 35.4 Å². The van der Waals surface area contributed by atoms with E-state index in [1.54, 1.807) is 13.8 Å². The Balaban J connectivity index is 2.16. The quantitative estimate of drug-likeness (QED) is 0.875. The van der Waals surface area contributed by atoms with Gasteiger partial charge in [-0.05, 0) is 23.5 Å². The Hall–Kier alpha value is -1.88. The highest BCUT2D eigenvalue weighted by Gasteiger charge is 2.31. The van der Waals surface area contributed by atoms with Crippen LogP contribution >= 0.6 is 0 Å². The zero-order valence-corrected chi connectivity index (χ0v) is 11.6. The SMILES string of the molecule is CC(C)[C@@H](NC(=O)C1OCCc2ccccc21)C(=O)O. The van der Waals surface area contributed by atoms with Crippen LogP contribution in [-0.4, -0.2) is 29.6 Å². The molecule has 0 aliphatic carbocycles. The van der Waals surface area contributed by atoms with Crippen molar-refractivity contribution in [2.75, 3.05) is 6.61 Å². The summed E-state index contributed by atoms with van der Waals surface area (Å²) in [6, 6.07) is 6.69. The van der Waals surface area contributed by atoms with Gasteiger partial charge in [0, 0.05) is 0 Å². The predicted octanol–water partition coefficient (Wildman–Crippen LogP) is 1.53. The lowest BCUT2D eigenvalue weighted by atomic mass is 9.96. The predicted molar refractivity (Wildman–Crippen MR) is 73.2 cm³/mol. The van der Waals surface area contributed by atoms with E-state index in [2.05, 4.69) is 5.32 Å². The van der Waals surface area contributed by atoms with Crippen LogP contribution in [0.5, 0.6) is 0 Å². The molecule has 1 amide bonds. The molecular formula is C15H19NO4. The number of carbonyl (C=O) groups is 2. The zero-order chi connectivity index (χ0) is 14.7. The van der Waals surface area contributed by atoms with Crippen LogP contribution in [0.3, 0.4) is 0 Å². The van der Waals surface area contributed by atoms with E-state index in [0.717, 1.165) is 17.5 Å². The summed E-state index contributed by atoms with van der Waals surface area (Å²) in [6.07, 6.45) is 0.0486. The monoisotopic (exact) mass is 277 g/mol. The summed E-state index contributed by atoms with van der Waals surface area (Å²) in [4.78, 5) is 23.4. The molecule has 0 aromatic heterocycles. The Morgan fingerprint density at radius 1 is 1.35 bits per heavy atom. The Bertz CT molecular complexity index is 512. The fourth-order valence-electron chi connectivity index (χ4n) is 2.35. The molecule has 20 heavy (non-hydrogen) atoms. The molecule has 0 radical (unpaired) electrons. The maximum absolute atomic E-state index is 12.3. The zero-order valence-electron chi connectivity index (χ0n) is 11.6. The minimum Gasteiger partial charge on any atom is -0.480 e. The Kier molecular flexibility index (Phi) is 4.39. The fraction of sp³-hybridized carbons (Fsp3) is 0.467. The van der Waals surface area contributed by atoms with Crippen molar-refractivity contribution in [3.63, 3.8) is 0 Å². The number of fused-ring (bicyclic) bond motifs is 1. The van der Waals surface area contributed by atoms with Gasteiger partial charge in [-0.15, -0.1) is 0 Å². The van der Waals surface area contributed by atoms with E-state index in [9.17, 15) is 9.59 Å². The van der Waals surface area contributed by atoms with Crippen LogP contribution in [0, 0.1) is 5.92 Å². The molecule has 5 heteroatoms. The minimum absolute atomic E-state index is 0.185. The average Bonchev–Trinajstić information content (AvgIpc) is 2.43. The topological polar surface area (TPSA) is 75.6 Å². The third kappa shape index (κ3) is 2.99. The van der Waals surface area contributed by atoms with Gasteiger partial charge in [-0.25, -0.2) is 4.79 Å². The van der Waals surface area contributed by atoms with Crippen molar-refractivity contribution in [3.8, 4) is 0 Å². The van der Waals surface area contributed by atoms with E-state index in [4.69, 9.17) is 9.84 Å². The molecule has 0 spiro atoms. The first-order valence-corrected chi connectivity index (χ1v) is 6.73. The molecule has 1 aliphatic rings. The second kappa shape index (κ2) is 6.05. The van der Waals surface area contributed by atoms with Gasteiger partial charge in [0.2, 0.25) is 0 Å². The van der Waals surface area contributed by atoms with Crippen molar-refractivity contribution < 1.29 is 19.4 Å². The number of carboxylic acid groups (broad SMARTS) is 1. The van der Waals surface area contributed by atoms with Gasteiger partial charge in [-0.2, -0.15) is 0 Å². The summed E-state index contributed by atoms with van der Waals surface area (Å²) in [5.74, 6) is -1.61. The van der Waals surface area contributed by atoms with Gasteiger partial charge in [-0.1, -0.05) is 38.1 Å². The third-order valence-corrected chi connectivity index (χ3v) is 3.46. The number of amides is 1. The second-order valence-corrected chi connectivity index (χ2v) is 5.27. The van der Waals surface area contributed by atoms with Gasteiger partial charge in [0.05, 0.1) is 6.61 Å². The number of carboxylic acids is 1. The van der Waals surface area contributed by atoms with Crippen LogP contribution in [-0.2, 0) is 20.7 Å². The second-order valence-electron chi connectivity index (χ2n) is 5.27.